The van der Waals surface area contributed by atoms with E-state index in [4.69, 9.17) is 10.5 Å². The molecule has 100 valence electrons. The predicted molar refractivity (Wildman–Crippen MR) is 69.5 cm³/mol. The summed E-state index contributed by atoms with van der Waals surface area (Å²) in [7, 11) is 1.75. The average Bonchev–Trinajstić information content (AvgIpc) is 2.41. The number of nitrogens with zero attached hydrogens (tertiary/aromatic N) is 4. The molecule has 6 nitrogen and oxygen atoms in total. The van der Waals surface area contributed by atoms with Crippen LogP contribution >= 0.6 is 0 Å². The maximum absolute atomic E-state index is 5.84. The molecule has 0 aliphatic carbocycles. The molecule has 1 aliphatic rings. The van der Waals surface area contributed by atoms with Gasteiger partial charge in [-0.05, 0) is 26.7 Å². The van der Waals surface area contributed by atoms with Crippen LogP contribution in [0.5, 0.6) is 0 Å². The number of anilines is 1. The van der Waals surface area contributed by atoms with Crippen LogP contribution < -0.4 is 10.6 Å². The van der Waals surface area contributed by atoms with Gasteiger partial charge in [0, 0.05) is 26.2 Å². The van der Waals surface area contributed by atoms with Crippen molar-refractivity contribution >= 4 is 5.95 Å². The van der Waals surface area contributed by atoms with E-state index in [0.717, 1.165) is 30.8 Å². The van der Waals surface area contributed by atoms with Gasteiger partial charge >= 0.3 is 0 Å². The minimum atomic E-state index is 0.229. The number of hydrogen-bond acceptors (Lipinski definition) is 6. The van der Waals surface area contributed by atoms with Gasteiger partial charge in [0.2, 0.25) is 5.95 Å². The quantitative estimate of drug-likeness (QED) is 0.839. The fourth-order valence-corrected chi connectivity index (χ4v) is 2.28. The second-order valence-electron chi connectivity index (χ2n) is 4.75. The predicted octanol–water partition coefficient (Wildman–Crippen LogP) is 0.431. The van der Waals surface area contributed by atoms with E-state index in [-0.39, 0.29) is 12.1 Å². The van der Waals surface area contributed by atoms with E-state index in [1.54, 1.807) is 7.11 Å². The molecule has 2 heterocycles. The lowest BCUT2D eigenvalue weighted by Crippen LogP contribution is -2.49. The van der Waals surface area contributed by atoms with Gasteiger partial charge in [-0.2, -0.15) is 5.10 Å². The lowest BCUT2D eigenvalue weighted by Gasteiger charge is -2.38. The molecule has 2 unspecified atom stereocenters. The monoisotopic (exact) mass is 251 g/mol. The van der Waals surface area contributed by atoms with E-state index >= 15 is 0 Å². The molecule has 0 saturated carbocycles. The molecule has 2 atom stereocenters. The molecule has 6 heteroatoms. The van der Waals surface area contributed by atoms with E-state index in [9.17, 15) is 0 Å². The van der Waals surface area contributed by atoms with Gasteiger partial charge in [0.1, 0.15) is 0 Å². The number of ether oxygens (including phenoxy) is 1. The number of nitrogens with two attached hydrogens (primary N) is 1. The van der Waals surface area contributed by atoms with Gasteiger partial charge in [0.15, 0.2) is 0 Å². The summed E-state index contributed by atoms with van der Waals surface area (Å²) in [6.07, 6.45) is 2.18. The van der Waals surface area contributed by atoms with Gasteiger partial charge in [-0.3, -0.25) is 0 Å². The fourth-order valence-electron chi connectivity index (χ4n) is 2.28. The highest BCUT2D eigenvalue weighted by molar-refractivity contribution is 5.33. The number of rotatable bonds is 3. The average molecular weight is 251 g/mol. The van der Waals surface area contributed by atoms with Crippen molar-refractivity contribution in [3.05, 3.63) is 11.4 Å². The highest BCUT2D eigenvalue weighted by Gasteiger charge is 2.29. The number of aryl methyl sites for hydroxylation is 2. The summed E-state index contributed by atoms with van der Waals surface area (Å²) < 4.78 is 5.41. The minimum Gasteiger partial charge on any atom is -0.381 e. The molecule has 1 aliphatic heterocycles. The molecule has 1 saturated heterocycles. The minimum absolute atomic E-state index is 0.229. The van der Waals surface area contributed by atoms with Gasteiger partial charge in [0.05, 0.1) is 17.5 Å². The molecule has 1 aromatic rings. The van der Waals surface area contributed by atoms with Gasteiger partial charge < -0.3 is 15.4 Å². The van der Waals surface area contributed by atoms with E-state index in [1.165, 1.54) is 0 Å². The summed E-state index contributed by atoms with van der Waals surface area (Å²) >= 11 is 0. The van der Waals surface area contributed by atoms with Crippen molar-refractivity contribution in [1.29, 1.82) is 0 Å². The van der Waals surface area contributed by atoms with Crippen LogP contribution in [-0.4, -0.2) is 47.5 Å². The summed E-state index contributed by atoms with van der Waals surface area (Å²) in [5.41, 5.74) is 7.63. The molecule has 0 spiro atoms. The number of aromatic nitrogens is 3. The Morgan fingerprint density at radius 2 is 2.11 bits per heavy atom. The highest BCUT2D eigenvalue weighted by atomic mass is 16.5. The maximum Gasteiger partial charge on any atom is 0.245 e. The fraction of sp³-hybridized carbons (Fsp3) is 0.750. The Balaban J connectivity index is 2.18. The molecule has 1 fully saturated rings. The van der Waals surface area contributed by atoms with Crippen LogP contribution in [0.15, 0.2) is 0 Å². The third-order valence-corrected chi connectivity index (χ3v) is 3.61. The molecule has 1 aromatic heterocycles. The molecular formula is C12H21N5O. The smallest absolute Gasteiger partial charge is 0.245 e. The Kier molecular flexibility index (Phi) is 4.08. The first kappa shape index (κ1) is 13.2. The first-order chi connectivity index (χ1) is 8.65. The van der Waals surface area contributed by atoms with Gasteiger partial charge in [-0.25, -0.2) is 4.98 Å². The third kappa shape index (κ3) is 2.59. The van der Waals surface area contributed by atoms with Crippen molar-refractivity contribution in [2.45, 2.75) is 38.8 Å². The normalized spacial score (nSPS) is 24.3. The first-order valence-electron chi connectivity index (χ1n) is 6.33. The van der Waals surface area contributed by atoms with Crippen molar-refractivity contribution < 1.29 is 4.74 Å². The van der Waals surface area contributed by atoms with Crippen molar-refractivity contribution in [1.82, 2.24) is 15.2 Å². The molecule has 18 heavy (non-hydrogen) atoms. The zero-order valence-corrected chi connectivity index (χ0v) is 11.3. The van der Waals surface area contributed by atoms with E-state index in [2.05, 4.69) is 20.1 Å². The van der Waals surface area contributed by atoms with Crippen molar-refractivity contribution in [2.24, 2.45) is 5.73 Å². The molecule has 0 amide bonds. The third-order valence-electron chi connectivity index (χ3n) is 3.61. The zero-order valence-electron chi connectivity index (χ0n) is 11.3. The number of piperidine rings is 1. The van der Waals surface area contributed by atoms with E-state index < -0.39 is 0 Å². The van der Waals surface area contributed by atoms with Gasteiger partial charge in [0.25, 0.3) is 0 Å². The standard InChI is InChI=1S/C12H21N5O/c1-8-9(2)15-16-12(14-8)17-5-4-11(18-3)6-10(17)7-13/h10-11H,4-7,13H2,1-3H3. The number of hydrogen-bond donors (Lipinski definition) is 1. The van der Waals surface area contributed by atoms with Crippen LogP contribution in [0, 0.1) is 13.8 Å². The molecular weight excluding hydrogens is 230 g/mol. The summed E-state index contributed by atoms with van der Waals surface area (Å²) in [6.45, 7) is 5.31. The molecule has 2 rings (SSSR count). The second-order valence-corrected chi connectivity index (χ2v) is 4.75. The van der Waals surface area contributed by atoms with Crippen LogP contribution in [0.4, 0.5) is 5.95 Å². The van der Waals surface area contributed by atoms with Gasteiger partial charge in [-0.15, -0.1) is 5.10 Å². The second kappa shape index (κ2) is 5.58. The molecule has 0 aromatic carbocycles. The van der Waals surface area contributed by atoms with Crippen molar-refractivity contribution in [3.63, 3.8) is 0 Å². The topological polar surface area (TPSA) is 77.2 Å². The van der Waals surface area contributed by atoms with Crippen LogP contribution in [0.2, 0.25) is 0 Å². The largest absolute Gasteiger partial charge is 0.381 e. The summed E-state index contributed by atoms with van der Waals surface area (Å²) in [6, 6.07) is 0.229. The number of methoxy groups -OCH3 is 1. The van der Waals surface area contributed by atoms with Crippen LogP contribution in [0.25, 0.3) is 0 Å². The van der Waals surface area contributed by atoms with Gasteiger partial charge in [-0.1, -0.05) is 0 Å². The Bertz CT molecular complexity index is 411. The summed E-state index contributed by atoms with van der Waals surface area (Å²) in [5.74, 6) is 0.683. The molecule has 0 bridgehead atoms. The molecule has 2 N–H and O–H groups in total. The van der Waals surface area contributed by atoms with Crippen molar-refractivity contribution in [3.8, 4) is 0 Å². The van der Waals surface area contributed by atoms with Crippen molar-refractivity contribution in [2.75, 3.05) is 25.1 Å². The van der Waals surface area contributed by atoms with E-state index in [0.29, 0.717) is 12.5 Å². The Morgan fingerprint density at radius 1 is 1.33 bits per heavy atom. The zero-order chi connectivity index (χ0) is 13.1. The Hall–Kier alpha value is -1.27. The van der Waals surface area contributed by atoms with Crippen LogP contribution in [0.1, 0.15) is 24.2 Å². The maximum atomic E-state index is 5.84. The Morgan fingerprint density at radius 3 is 2.72 bits per heavy atom. The first-order valence-corrected chi connectivity index (χ1v) is 6.33. The summed E-state index contributed by atoms with van der Waals surface area (Å²) in [5, 5.41) is 8.32. The summed E-state index contributed by atoms with van der Waals surface area (Å²) in [4.78, 5) is 6.65. The van der Waals surface area contributed by atoms with Crippen LogP contribution in [-0.2, 0) is 4.74 Å². The SMILES string of the molecule is COC1CCN(c2nnc(C)c(C)n2)C(CN)C1. The lowest BCUT2D eigenvalue weighted by atomic mass is 10.00. The Labute approximate surface area is 108 Å². The molecule has 0 radical (unpaired) electrons. The highest BCUT2D eigenvalue weighted by Crippen LogP contribution is 2.23. The lowest BCUT2D eigenvalue weighted by molar-refractivity contribution is 0.0705. The van der Waals surface area contributed by atoms with E-state index in [1.807, 2.05) is 13.8 Å². The van der Waals surface area contributed by atoms with Crippen LogP contribution in [0.3, 0.4) is 0 Å².